The molecule has 19 heavy (non-hydrogen) atoms. The molecule has 3 heteroatoms. The first-order valence-electron chi connectivity index (χ1n) is 7.97. The Morgan fingerprint density at radius 1 is 0.947 bits per heavy atom. The Bertz CT molecular complexity index is 237. The molecule has 0 saturated carbocycles. The standard InChI is InChI=1S/C16H34N2O/c1-7-17(8-2)13-16(19)18(9-3)15(6)12-10-11-14(4)5/h14-15H,7-13H2,1-6H3/t15-/m0/s1. The van der Waals surface area contributed by atoms with Gasteiger partial charge in [-0.15, -0.1) is 0 Å². The van der Waals surface area contributed by atoms with Crippen molar-refractivity contribution in [1.82, 2.24) is 9.80 Å². The molecule has 3 nitrogen and oxygen atoms in total. The summed E-state index contributed by atoms with van der Waals surface area (Å²) in [6.45, 7) is 16.3. The van der Waals surface area contributed by atoms with Crippen molar-refractivity contribution in [2.45, 2.75) is 66.8 Å². The number of carbonyl (C=O) groups is 1. The van der Waals surface area contributed by atoms with Crippen molar-refractivity contribution >= 4 is 5.91 Å². The van der Waals surface area contributed by atoms with Gasteiger partial charge in [0.25, 0.3) is 0 Å². The van der Waals surface area contributed by atoms with Crippen molar-refractivity contribution in [3.63, 3.8) is 0 Å². The zero-order chi connectivity index (χ0) is 14.8. The summed E-state index contributed by atoms with van der Waals surface area (Å²) in [6.07, 6.45) is 3.59. The molecule has 0 unspecified atom stereocenters. The van der Waals surface area contributed by atoms with Gasteiger partial charge >= 0.3 is 0 Å². The number of carbonyl (C=O) groups excluding carboxylic acids is 1. The van der Waals surface area contributed by atoms with E-state index in [1.54, 1.807) is 0 Å². The lowest BCUT2D eigenvalue weighted by atomic mass is 10.0. The van der Waals surface area contributed by atoms with Gasteiger partial charge in [0, 0.05) is 12.6 Å². The molecule has 0 heterocycles. The van der Waals surface area contributed by atoms with Crippen LogP contribution in [0.5, 0.6) is 0 Å². The van der Waals surface area contributed by atoms with E-state index in [1.165, 1.54) is 12.8 Å². The van der Waals surface area contributed by atoms with Gasteiger partial charge < -0.3 is 4.90 Å². The Morgan fingerprint density at radius 3 is 1.95 bits per heavy atom. The highest BCUT2D eigenvalue weighted by Crippen LogP contribution is 2.13. The quantitative estimate of drug-likeness (QED) is 0.607. The van der Waals surface area contributed by atoms with E-state index in [9.17, 15) is 4.79 Å². The minimum atomic E-state index is 0.281. The van der Waals surface area contributed by atoms with Crippen molar-refractivity contribution in [2.75, 3.05) is 26.2 Å². The summed E-state index contributed by atoms with van der Waals surface area (Å²) in [6, 6.07) is 0.367. The van der Waals surface area contributed by atoms with E-state index in [0.717, 1.165) is 32.0 Å². The molecule has 0 aliphatic rings. The van der Waals surface area contributed by atoms with Crippen molar-refractivity contribution in [1.29, 1.82) is 0 Å². The fourth-order valence-corrected chi connectivity index (χ4v) is 2.44. The molecule has 0 rings (SSSR count). The molecule has 0 saturated heterocycles. The summed E-state index contributed by atoms with van der Waals surface area (Å²) in [7, 11) is 0. The molecule has 0 aromatic carbocycles. The van der Waals surface area contributed by atoms with Gasteiger partial charge in [0.15, 0.2) is 0 Å². The van der Waals surface area contributed by atoms with E-state index < -0.39 is 0 Å². The van der Waals surface area contributed by atoms with Gasteiger partial charge in [-0.25, -0.2) is 0 Å². The highest BCUT2D eigenvalue weighted by atomic mass is 16.2. The van der Waals surface area contributed by atoms with Crippen LogP contribution in [-0.4, -0.2) is 47.9 Å². The number of hydrogen-bond acceptors (Lipinski definition) is 2. The summed E-state index contributed by atoms with van der Waals surface area (Å²) in [5, 5.41) is 0. The van der Waals surface area contributed by atoms with Crippen LogP contribution in [0.1, 0.15) is 60.8 Å². The van der Waals surface area contributed by atoms with Crippen LogP contribution in [0.4, 0.5) is 0 Å². The molecule has 0 N–H and O–H groups in total. The zero-order valence-electron chi connectivity index (χ0n) is 13.9. The molecule has 0 aliphatic heterocycles. The maximum atomic E-state index is 12.3. The van der Waals surface area contributed by atoms with E-state index in [-0.39, 0.29) is 5.91 Å². The van der Waals surface area contributed by atoms with Crippen LogP contribution in [0.25, 0.3) is 0 Å². The molecule has 0 fully saturated rings. The SMILES string of the molecule is CCN(CC)CC(=O)N(CC)[C@@H](C)CCCC(C)C. The van der Waals surface area contributed by atoms with Gasteiger partial charge in [0.2, 0.25) is 5.91 Å². The summed E-state index contributed by atoms with van der Waals surface area (Å²) >= 11 is 0. The Morgan fingerprint density at radius 2 is 1.53 bits per heavy atom. The van der Waals surface area contributed by atoms with Gasteiger partial charge in [-0.05, 0) is 39.3 Å². The maximum Gasteiger partial charge on any atom is 0.236 e. The van der Waals surface area contributed by atoms with Crippen LogP contribution >= 0.6 is 0 Å². The molecule has 0 aliphatic carbocycles. The molecular formula is C16H34N2O. The monoisotopic (exact) mass is 270 g/mol. The minimum Gasteiger partial charge on any atom is -0.339 e. The summed E-state index contributed by atoms with van der Waals surface area (Å²) in [5.41, 5.74) is 0. The average molecular weight is 270 g/mol. The van der Waals surface area contributed by atoms with Gasteiger partial charge in [-0.3, -0.25) is 9.69 Å². The lowest BCUT2D eigenvalue weighted by Crippen LogP contribution is -2.44. The van der Waals surface area contributed by atoms with Crippen LogP contribution in [0, 0.1) is 5.92 Å². The van der Waals surface area contributed by atoms with E-state index in [1.807, 2.05) is 4.90 Å². The highest BCUT2D eigenvalue weighted by Gasteiger charge is 2.19. The summed E-state index contributed by atoms with van der Waals surface area (Å²) in [4.78, 5) is 16.6. The van der Waals surface area contributed by atoms with E-state index in [2.05, 4.69) is 46.4 Å². The zero-order valence-corrected chi connectivity index (χ0v) is 13.9. The van der Waals surface area contributed by atoms with Crippen LogP contribution < -0.4 is 0 Å². The van der Waals surface area contributed by atoms with Crippen LogP contribution in [0.15, 0.2) is 0 Å². The number of amides is 1. The molecule has 0 radical (unpaired) electrons. The lowest BCUT2D eigenvalue weighted by Gasteiger charge is -2.30. The molecular weight excluding hydrogens is 236 g/mol. The second-order valence-electron chi connectivity index (χ2n) is 5.81. The topological polar surface area (TPSA) is 23.6 Å². The maximum absolute atomic E-state index is 12.3. The highest BCUT2D eigenvalue weighted by molar-refractivity contribution is 5.78. The molecule has 1 atom stereocenters. The molecule has 0 spiro atoms. The average Bonchev–Trinajstić information content (AvgIpc) is 2.36. The molecule has 114 valence electrons. The van der Waals surface area contributed by atoms with Crippen LogP contribution in [0.3, 0.4) is 0 Å². The first-order valence-corrected chi connectivity index (χ1v) is 7.97. The number of hydrogen-bond donors (Lipinski definition) is 0. The molecule has 0 aromatic rings. The van der Waals surface area contributed by atoms with Crippen molar-refractivity contribution in [3.8, 4) is 0 Å². The first kappa shape index (κ1) is 18.4. The number of nitrogens with zero attached hydrogens (tertiary/aromatic N) is 2. The van der Waals surface area contributed by atoms with Gasteiger partial charge in [-0.1, -0.05) is 40.5 Å². The summed E-state index contributed by atoms with van der Waals surface area (Å²) < 4.78 is 0. The first-order chi connectivity index (χ1) is 8.96. The number of rotatable bonds is 10. The Kier molecular flexibility index (Phi) is 9.94. The van der Waals surface area contributed by atoms with Gasteiger partial charge in [0.1, 0.15) is 0 Å². The van der Waals surface area contributed by atoms with Crippen LogP contribution in [0.2, 0.25) is 0 Å². The third-order valence-corrected chi connectivity index (χ3v) is 3.85. The van der Waals surface area contributed by atoms with Crippen molar-refractivity contribution in [3.05, 3.63) is 0 Å². The Balaban J connectivity index is 4.25. The van der Waals surface area contributed by atoms with E-state index in [4.69, 9.17) is 0 Å². The third-order valence-electron chi connectivity index (χ3n) is 3.85. The van der Waals surface area contributed by atoms with E-state index in [0.29, 0.717) is 12.6 Å². The number of likely N-dealkylation sites (N-methyl/N-ethyl adjacent to an activating group) is 2. The van der Waals surface area contributed by atoms with Gasteiger partial charge in [-0.2, -0.15) is 0 Å². The normalized spacial score (nSPS) is 13.1. The molecule has 1 amide bonds. The fraction of sp³-hybridized carbons (Fsp3) is 0.938. The second kappa shape index (κ2) is 10.2. The third kappa shape index (κ3) is 7.56. The van der Waals surface area contributed by atoms with E-state index >= 15 is 0 Å². The second-order valence-corrected chi connectivity index (χ2v) is 5.81. The minimum absolute atomic E-state index is 0.281. The molecule has 0 aromatic heterocycles. The fourth-order valence-electron chi connectivity index (χ4n) is 2.44. The van der Waals surface area contributed by atoms with Crippen LogP contribution in [-0.2, 0) is 4.79 Å². The largest absolute Gasteiger partial charge is 0.339 e. The predicted molar refractivity (Wildman–Crippen MR) is 83.3 cm³/mol. The van der Waals surface area contributed by atoms with Crippen molar-refractivity contribution in [2.24, 2.45) is 5.92 Å². The molecule has 0 bridgehead atoms. The Hall–Kier alpha value is -0.570. The predicted octanol–water partition coefficient (Wildman–Crippen LogP) is 3.39. The Labute approximate surface area is 120 Å². The summed E-state index contributed by atoms with van der Waals surface area (Å²) in [5.74, 6) is 1.04. The van der Waals surface area contributed by atoms with Crippen molar-refractivity contribution < 1.29 is 4.79 Å². The smallest absolute Gasteiger partial charge is 0.236 e. The lowest BCUT2D eigenvalue weighted by molar-refractivity contribution is -0.134. The van der Waals surface area contributed by atoms with Gasteiger partial charge in [0.05, 0.1) is 6.54 Å².